The van der Waals surface area contributed by atoms with Crippen molar-refractivity contribution in [2.45, 2.75) is 0 Å². The SMILES string of the molecule is N#[C][Rh-]([C]#N)([C]#N)([C]#N)([C]#N)[C]#N.[K+]. The van der Waals surface area contributed by atoms with Crippen molar-refractivity contribution < 1.29 is 63.8 Å². The van der Waals surface area contributed by atoms with Gasteiger partial charge in [0.1, 0.15) is 0 Å². The maximum Gasteiger partial charge on any atom is 1.00 e. The smallest absolute Gasteiger partial charge is 1.00 e. The monoisotopic (exact) mass is 298 g/mol. The number of hydrogen-bond donors (Lipinski definition) is 0. The van der Waals surface area contributed by atoms with Crippen molar-refractivity contribution in [1.29, 1.82) is 31.6 Å². The molecule has 64 valence electrons. The summed E-state index contributed by atoms with van der Waals surface area (Å²) in [5.41, 5.74) is 0. The third-order valence-corrected chi connectivity index (χ3v) is 6.61. The van der Waals surface area contributed by atoms with Gasteiger partial charge in [0.25, 0.3) is 0 Å². The van der Waals surface area contributed by atoms with Crippen LogP contribution in [0.2, 0.25) is 0 Å². The van der Waals surface area contributed by atoms with Gasteiger partial charge in [0, 0.05) is 0 Å². The van der Waals surface area contributed by atoms with Crippen LogP contribution in [0.25, 0.3) is 0 Å². The largest absolute Gasteiger partial charge is 1.00 e. The summed E-state index contributed by atoms with van der Waals surface area (Å²) in [6.45, 7) is 0. The van der Waals surface area contributed by atoms with Crippen LogP contribution in [0.3, 0.4) is 0 Å². The summed E-state index contributed by atoms with van der Waals surface area (Å²) >= 11 is -6.46. The number of nitriles is 6. The van der Waals surface area contributed by atoms with E-state index < -0.39 is 12.4 Å². The minimum atomic E-state index is -6.46. The van der Waals surface area contributed by atoms with Gasteiger partial charge in [-0.15, -0.1) is 0 Å². The van der Waals surface area contributed by atoms with Crippen molar-refractivity contribution in [3.05, 3.63) is 0 Å². The second kappa shape index (κ2) is 3.75. The molecule has 0 aliphatic carbocycles. The Kier molecular flexibility index (Phi) is 4.20. The molecule has 0 amide bonds. The molecule has 0 atom stereocenters. The average Bonchev–Trinajstić information content (AvgIpc) is 2.26. The second-order valence-electron chi connectivity index (χ2n) is 1.70. The molecule has 0 radical (unpaired) electrons. The van der Waals surface area contributed by atoms with Crippen molar-refractivity contribution in [2.75, 3.05) is 0 Å². The first-order valence-electron chi connectivity index (χ1n) is 2.34. The van der Waals surface area contributed by atoms with Gasteiger partial charge in [-0.1, -0.05) is 0 Å². The van der Waals surface area contributed by atoms with Gasteiger partial charge in [0.15, 0.2) is 0 Å². The molecular weight excluding hydrogens is 298 g/mol. The Balaban J connectivity index is 0. The molecule has 0 saturated carbocycles. The Labute approximate surface area is 121 Å². The van der Waals surface area contributed by atoms with Crippen LogP contribution in [0.1, 0.15) is 0 Å². The van der Waals surface area contributed by atoms with Crippen LogP contribution < -0.4 is 51.4 Å². The van der Waals surface area contributed by atoms with Gasteiger partial charge in [-0.2, -0.15) is 0 Å². The topological polar surface area (TPSA) is 143 Å². The molecule has 0 aliphatic heterocycles. The van der Waals surface area contributed by atoms with E-state index in [1.165, 1.54) is 0 Å². The molecule has 0 aromatic heterocycles. The molecule has 0 aromatic carbocycles. The second-order valence-corrected chi connectivity index (χ2v) is 10.0. The number of nitrogens with zero attached hydrogens (tertiary/aromatic N) is 6. The van der Waals surface area contributed by atoms with E-state index in [-0.39, 0.29) is 51.4 Å². The Hall–Kier alpha value is -0.800. The molecule has 0 bridgehead atoms. The van der Waals surface area contributed by atoms with E-state index in [9.17, 15) is 0 Å². The van der Waals surface area contributed by atoms with E-state index in [4.69, 9.17) is 31.6 Å². The van der Waals surface area contributed by atoms with Gasteiger partial charge in [0.05, 0.1) is 0 Å². The van der Waals surface area contributed by atoms with Crippen LogP contribution in [0.5, 0.6) is 0 Å². The molecule has 0 heterocycles. The van der Waals surface area contributed by atoms with E-state index in [0.717, 1.165) is 28.0 Å². The zero-order valence-electron chi connectivity index (χ0n) is 7.02. The zero-order chi connectivity index (χ0) is 10.7. The third-order valence-electron chi connectivity index (χ3n) is 1.12. The molecular formula is C6KN6Rh. The molecule has 0 aliphatic rings. The van der Waals surface area contributed by atoms with Gasteiger partial charge in [-0.25, -0.2) is 0 Å². The van der Waals surface area contributed by atoms with Crippen molar-refractivity contribution in [3.8, 4) is 28.0 Å². The number of hydrogen-bond acceptors (Lipinski definition) is 6. The van der Waals surface area contributed by atoms with Crippen LogP contribution in [-0.2, 0) is 12.4 Å². The van der Waals surface area contributed by atoms with Gasteiger partial charge in [0.2, 0.25) is 0 Å². The van der Waals surface area contributed by atoms with Gasteiger partial charge in [-0.3, -0.25) is 0 Å². The van der Waals surface area contributed by atoms with Crippen LogP contribution in [0.15, 0.2) is 0 Å². The predicted octanol–water partition coefficient (Wildman–Crippen LogP) is -2.90. The maximum absolute atomic E-state index is 8.59. The predicted molar refractivity (Wildman–Crippen MR) is 33.7 cm³/mol. The first-order valence-corrected chi connectivity index (χ1v) is 7.26. The molecule has 14 heavy (non-hydrogen) atoms. The van der Waals surface area contributed by atoms with Crippen LogP contribution in [0, 0.1) is 59.6 Å². The zero-order valence-corrected chi connectivity index (χ0v) is 11.8. The van der Waals surface area contributed by atoms with E-state index in [0.29, 0.717) is 0 Å². The van der Waals surface area contributed by atoms with Crippen LogP contribution in [0.4, 0.5) is 0 Å². The summed E-state index contributed by atoms with van der Waals surface area (Å²) in [5, 5.41) is 51.5. The maximum atomic E-state index is 8.59. The minimum absolute atomic E-state index is 0. The van der Waals surface area contributed by atoms with Gasteiger partial charge >= 0.3 is 123 Å². The summed E-state index contributed by atoms with van der Waals surface area (Å²) in [6.07, 6.45) is 0. The minimum Gasteiger partial charge on any atom is 1.00 e. The van der Waals surface area contributed by atoms with E-state index in [1.807, 2.05) is 0 Å². The Morgan fingerprint density at radius 3 is 0.643 bits per heavy atom. The third kappa shape index (κ3) is 1.37. The van der Waals surface area contributed by atoms with Gasteiger partial charge < -0.3 is 0 Å². The van der Waals surface area contributed by atoms with E-state index in [1.54, 1.807) is 0 Å². The Morgan fingerprint density at radius 1 is 0.500 bits per heavy atom. The first kappa shape index (κ1) is 15.7. The van der Waals surface area contributed by atoms with Crippen molar-refractivity contribution in [3.63, 3.8) is 0 Å². The summed E-state index contributed by atoms with van der Waals surface area (Å²) < 4.78 is 6.33. The first-order chi connectivity index (χ1) is 5.97. The molecule has 0 spiro atoms. The normalized spacial score (nSPS) is 12.4. The van der Waals surface area contributed by atoms with E-state index >= 15 is 0 Å². The molecule has 0 rings (SSSR count). The molecule has 0 unspecified atom stereocenters. The number of rotatable bonds is 0. The molecule has 0 saturated heterocycles. The summed E-state index contributed by atoms with van der Waals surface area (Å²) in [6, 6.07) is 0. The van der Waals surface area contributed by atoms with Crippen molar-refractivity contribution in [1.82, 2.24) is 0 Å². The van der Waals surface area contributed by atoms with Crippen LogP contribution in [-0.4, -0.2) is 0 Å². The van der Waals surface area contributed by atoms with E-state index in [2.05, 4.69) is 0 Å². The molecule has 6 nitrogen and oxygen atoms in total. The standard InChI is InChI=1S/6CN.K.Rh/c6*1-2;;/q;;;;;;+1;-1. The summed E-state index contributed by atoms with van der Waals surface area (Å²) in [4.78, 5) is 0. The van der Waals surface area contributed by atoms with Crippen LogP contribution >= 0.6 is 0 Å². The molecule has 0 fully saturated rings. The average molecular weight is 298 g/mol. The quantitative estimate of drug-likeness (QED) is 0.439. The Morgan fingerprint density at radius 2 is 0.643 bits per heavy atom. The fourth-order valence-electron chi connectivity index (χ4n) is 0.250. The summed E-state index contributed by atoms with van der Waals surface area (Å²) in [7, 11) is 0. The summed E-state index contributed by atoms with van der Waals surface area (Å²) in [5.74, 6) is 0. The fraction of sp³-hybridized carbons (Fsp3) is 0. The van der Waals surface area contributed by atoms with Crippen molar-refractivity contribution in [2.24, 2.45) is 0 Å². The van der Waals surface area contributed by atoms with Crippen molar-refractivity contribution >= 4 is 0 Å². The molecule has 8 heteroatoms. The molecule has 0 N–H and O–H groups in total. The fourth-order valence-corrected chi connectivity index (χ4v) is 1.48. The van der Waals surface area contributed by atoms with Gasteiger partial charge in [-0.05, 0) is 0 Å². The molecule has 0 aromatic rings. The Bertz CT molecular complexity index is 392.